The summed E-state index contributed by atoms with van der Waals surface area (Å²) in [5, 5.41) is 3.02. The number of carbonyl (C=O) groups excluding carboxylic acids is 1. The highest BCUT2D eigenvalue weighted by molar-refractivity contribution is 5.78. The van der Waals surface area contributed by atoms with Crippen LogP contribution in [0.15, 0.2) is 60.9 Å². The third-order valence-electron chi connectivity index (χ3n) is 5.59. The van der Waals surface area contributed by atoms with Gasteiger partial charge in [0, 0.05) is 51.2 Å². The molecule has 1 fully saturated rings. The predicted octanol–water partition coefficient (Wildman–Crippen LogP) is 2.63. The molecule has 3 aromatic rings. The van der Waals surface area contributed by atoms with Gasteiger partial charge in [0.1, 0.15) is 5.75 Å². The van der Waals surface area contributed by atoms with Crippen LogP contribution in [0.4, 0.5) is 5.95 Å². The van der Waals surface area contributed by atoms with Crippen molar-refractivity contribution in [1.82, 2.24) is 19.8 Å². The topological polar surface area (TPSA) is 62.6 Å². The van der Waals surface area contributed by atoms with Gasteiger partial charge < -0.3 is 15.0 Å². The number of aryl methyl sites for hydroxylation is 1. The molecule has 0 atom stereocenters. The van der Waals surface area contributed by atoms with Crippen molar-refractivity contribution in [2.75, 3.05) is 44.7 Å². The van der Waals surface area contributed by atoms with E-state index >= 15 is 0 Å². The number of rotatable bonds is 7. The predicted molar refractivity (Wildman–Crippen MR) is 122 cm³/mol. The van der Waals surface area contributed by atoms with Crippen LogP contribution in [0.5, 0.6) is 5.75 Å². The van der Waals surface area contributed by atoms with Gasteiger partial charge in [-0.3, -0.25) is 14.3 Å². The minimum atomic E-state index is 0.0619. The molecule has 1 amide bonds. The molecule has 2 heterocycles. The summed E-state index contributed by atoms with van der Waals surface area (Å²) in [6.45, 7) is 6.34. The fourth-order valence-electron chi connectivity index (χ4n) is 3.76. The fraction of sp³-hybridized carbons (Fsp3) is 0.333. The molecule has 1 aliphatic rings. The number of hydrogen-bond donors (Lipinski definition) is 1. The van der Waals surface area contributed by atoms with Gasteiger partial charge in [-0.05, 0) is 24.6 Å². The molecule has 1 aromatic heterocycles. The summed E-state index contributed by atoms with van der Waals surface area (Å²) >= 11 is 0. The van der Waals surface area contributed by atoms with Gasteiger partial charge >= 0.3 is 0 Å². The lowest BCUT2D eigenvalue weighted by molar-refractivity contribution is -0.122. The van der Waals surface area contributed by atoms with E-state index in [1.165, 1.54) is 5.56 Å². The number of nitrogens with zero attached hydrogens (tertiary/aromatic N) is 4. The SMILES string of the molecule is COc1cccc(-n2ccnc2N2CCN(CC(=O)NCc3ccc(C)cc3)CC2)c1. The minimum Gasteiger partial charge on any atom is -0.497 e. The lowest BCUT2D eigenvalue weighted by Gasteiger charge is -2.35. The Morgan fingerprint density at radius 3 is 2.61 bits per heavy atom. The Morgan fingerprint density at radius 1 is 1.10 bits per heavy atom. The number of ether oxygens (including phenoxy) is 1. The normalized spacial score (nSPS) is 14.5. The zero-order valence-corrected chi connectivity index (χ0v) is 18.1. The molecule has 0 aliphatic carbocycles. The molecule has 0 saturated carbocycles. The second-order valence-corrected chi connectivity index (χ2v) is 7.82. The first-order valence-electron chi connectivity index (χ1n) is 10.6. The van der Waals surface area contributed by atoms with Crippen LogP contribution in [0, 0.1) is 6.92 Å². The number of carbonyl (C=O) groups is 1. The summed E-state index contributed by atoms with van der Waals surface area (Å²) in [4.78, 5) is 21.4. The first kappa shape index (κ1) is 20.9. The van der Waals surface area contributed by atoms with Gasteiger partial charge in [-0.2, -0.15) is 0 Å². The molecule has 0 unspecified atom stereocenters. The van der Waals surface area contributed by atoms with Gasteiger partial charge in [0.2, 0.25) is 11.9 Å². The molecule has 2 aromatic carbocycles. The van der Waals surface area contributed by atoms with E-state index < -0.39 is 0 Å². The van der Waals surface area contributed by atoms with Crippen molar-refractivity contribution in [3.63, 3.8) is 0 Å². The standard InChI is InChI=1S/C24H29N5O2/c1-19-6-8-20(9-7-19)17-26-23(30)18-27-12-14-28(15-13-27)24-25-10-11-29(24)21-4-3-5-22(16-21)31-2/h3-11,16H,12-15,17-18H2,1-2H3,(H,26,30). The van der Waals surface area contributed by atoms with Crippen LogP contribution in [0.3, 0.4) is 0 Å². The lowest BCUT2D eigenvalue weighted by Crippen LogP contribution is -2.50. The Balaban J connectivity index is 1.29. The minimum absolute atomic E-state index is 0.0619. The number of hydrogen-bond acceptors (Lipinski definition) is 5. The summed E-state index contributed by atoms with van der Waals surface area (Å²) < 4.78 is 7.43. The first-order valence-corrected chi connectivity index (χ1v) is 10.6. The first-order chi connectivity index (χ1) is 15.1. The maximum Gasteiger partial charge on any atom is 0.234 e. The molecular formula is C24H29N5O2. The molecule has 1 N–H and O–H groups in total. The molecule has 0 bridgehead atoms. The van der Waals surface area contributed by atoms with Crippen LogP contribution in [0.1, 0.15) is 11.1 Å². The van der Waals surface area contributed by atoms with Gasteiger partial charge in [-0.15, -0.1) is 0 Å². The Labute approximate surface area is 183 Å². The maximum atomic E-state index is 12.4. The zero-order valence-electron chi connectivity index (χ0n) is 18.1. The van der Waals surface area contributed by atoms with E-state index in [-0.39, 0.29) is 5.91 Å². The molecule has 162 valence electrons. The molecule has 0 spiro atoms. The number of methoxy groups -OCH3 is 1. The van der Waals surface area contributed by atoms with E-state index in [0.717, 1.165) is 49.1 Å². The zero-order chi connectivity index (χ0) is 21.6. The van der Waals surface area contributed by atoms with E-state index in [4.69, 9.17) is 4.74 Å². The molecule has 0 radical (unpaired) electrons. The lowest BCUT2D eigenvalue weighted by atomic mass is 10.1. The maximum absolute atomic E-state index is 12.4. The molecule has 1 aliphatic heterocycles. The summed E-state index contributed by atoms with van der Waals surface area (Å²) in [7, 11) is 1.67. The highest BCUT2D eigenvalue weighted by Crippen LogP contribution is 2.22. The second-order valence-electron chi connectivity index (χ2n) is 7.82. The molecule has 7 heteroatoms. The number of benzene rings is 2. The van der Waals surface area contributed by atoms with Gasteiger partial charge in [0.15, 0.2) is 0 Å². The van der Waals surface area contributed by atoms with Crippen molar-refractivity contribution in [1.29, 1.82) is 0 Å². The highest BCUT2D eigenvalue weighted by Gasteiger charge is 2.22. The molecule has 4 rings (SSSR count). The summed E-state index contributed by atoms with van der Waals surface area (Å²) in [6, 6.07) is 16.2. The average molecular weight is 420 g/mol. The quantitative estimate of drug-likeness (QED) is 0.638. The van der Waals surface area contributed by atoms with Crippen molar-refractivity contribution in [2.24, 2.45) is 0 Å². The monoisotopic (exact) mass is 419 g/mol. The fourth-order valence-corrected chi connectivity index (χ4v) is 3.76. The average Bonchev–Trinajstić information content (AvgIpc) is 3.29. The Hall–Kier alpha value is -3.32. The van der Waals surface area contributed by atoms with Crippen LogP contribution in [-0.4, -0.2) is 60.2 Å². The van der Waals surface area contributed by atoms with Crippen molar-refractivity contribution in [3.05, 3.63) is 72.1 Å². The Kier molecular flexibility index (Phi) is 6.52. The van der Waals surface area contributed by atoms with Crippen LogP contribution in [-0.2, 0) is 11.3 Å². The van der Waals surface area contributed by atoms with Crippen molar-refractivity contribution >= 4 is 11.9 Å². The Bertz CT molecular complexity index is 1010. The summed E-state index contributed by atoms with van der Waals surface area (Å²) in [5.74, 6) is 1.79. The van der Waals surface area contributed by atoms with E-state index in [0.29, 0.717) is 13.1 Å². The number of amides is 1. The number of imidazole rings is 1. The summed E-state index contributed by atoms with van der Waals surface area (Å²) in [5.41, 5.74) is 3.36. The number of piperazine rings is 1. The Morgan fingerprint density at radius 2 is 1.87 bits per heavy atom. The number of aromatic nitrogens is 2. The highest BCUT2D eigenvalue weighted by atomic mass is 16.5. The third-order valence-corrected chi connectivity index (χ3v) is 5.59. The smallest absolute Gasteiger partial charge is 0.234 e. The molecular weight excluding hydrogens is 390 g/mol. The van der Waals surface area contributed by atoms with Crippen LogP contribution < -0.4 is 15.0 Å². The van der Waals surface area contributed by atoms with E-state index in [9.17, 15) is 4.79 Å². The van der Waals surface area contributed by atoms with Gasteiger partial charge in [0.05, 0.1) is 19.3 Å². The second kappa shape index (κ2) is 9.66. The van der Waals surface area contributed by atoms with E-state index in [2.05, 4.69) is 55.9 Å². The van der Waals surface area contributed by atoms with Crippen molar-refractivity contribution in [2.45, 2.75) is 13.5 Å². The number of nitrogens with one attached hydrogen (secondary N) is 1. The van der Waals surface area contributed by atoms with E-state index in [1.54, 1.807) is 7.11 Å². The largest absolute Gasteiger partial charge is 0.497 e. The van der Waals surface area contributed by atoms with Crippen LogP contribution in [0.25, 0.3) is 5.69 Å². The van der Waals surface area contributed by atoms with Gasteiger partial charge in [0.25, 0.3) is 0 Å². The number of anilines is 1. The van der Waals surface area contributed by atoms with Crippen molar-refractivity contribution in [3.8, 4) is 11.4 Å². The van der Waals surface area contributed by atoms with Gasteiger partial charge in [-0.25, -0.2) is 4.98 Å². The van der Waals surface area contributed by atoms with E-state index in [1.807, 2.05) is 36.7 Å². The van der Waals surface area contributed by atoms with Crippen LogP contribution >= 0.6 is 0 Å². The van der Waals surface area contributed by atoms with Crippen LogP contribution in [0.2, 0.25) is 0 Å². The van der Waals surface area contributed by atoms with Crippen molar-refractivity contribution < 1.29 is 9.53 Å². The van der Waals surface area contributed by atoms with Gasteiger partial charge in [-0.1, -0.05) is 35.9 Å². The molecule has 7 nitrogen and oxygen atoms in total. The summed E-state index contributed by atoms with van der Waals surface area (Å²) in [6.07, 6.45) is 3.79. The third kappa shape index (κ3) is 5.24. The molecule has 31 heavy (non-hydrogen) atoms. The molecule has 1 saturated heterocycles.